The van der Waals surface area contributed by atoms with E-state index in [-0.39, 0.29) is 0 Å². The minimum Gasteiger partial charge on any atom is -0.468 e. The molecule has 0 atom stereocenters. The number of furan rings is 1. The van der Waals surface area contributed by atoms with Gasteiger partial charge in [0, 0.05) is 0 Å². The van der Waals surface area contributed by atoms with Gasteiger partial charge in [-0.2, -0.15) is 0 Å². The average molecular weight is 224 g/mol. The summed E-state index contributed by atoms with van der Waals surface area (Å²) in [6, 6.07) is 2.00. The fourth-order valence-corrected chi connectivity index (χ4v) is 1.52. The maximum Gasteiger partial charge on any atom is 0.120 e. The molecule has 0 bridgehead atoms. The highest BCUT2D eigenvalue weighted by atomic mass is 16.3. The summed E-state index contributed by atoms with van der Waals surface area (Å²) < 4.78 is 5.35. The Bertz CT molecular complexity index is 281. The van der Waals surface area contributed by atoms with Crippen LogP contribution in [0.2, 0.25) is 0 Å². The Kier molecular flexibility index (Phi) is 6.19. The number of aryl methyl sites for hydroxylation is 1. The summed E-state index contributed by atoms with van der Waals surface area (Å²) in [5.41, 5.74) is 1.23. The Morgan fingerprint density at radius 2 is 2.00 bits per heavy atom. The number of hydrogen-bond acceptors (Lipinski definition) is 3. The molecule has 3 heteroatoms. The molecular weight excluding hydrogens is 200 g/mol. The summed E-state index contributed by atoms with van der Waals surface area (Å²) in [5, 5.41) is 6.81. The maximum absolute atomic E-state index is 5.35. The van der Waals surface area contributed by atoms with Gasteiger partial charge in [-0.3, -0.25) is 0 Å². The SMILES string of the molecule is Cc1ccoc1CNCCCNCC(C)C. The molecule has 0 aromatic carbocycles. The highest BCUT2D eigenvalue weighted by molar-refractivity contribution is 5.13. The van der Waals surface area contributed by atoms with E-state index in [1.807, 2.05) is 6.07 Å². The third-order valence-electron chi connectivity index (χ3n) is 2.51. The first kappa shape index (κ1) is 13.3. The van der Waals surface area contributed by atoms with E-state index in [0.29, 0.717) is 0 Å². The second kappa shape index (κ2) is 7.47. The molecule has 0 saturated carbocycles. The molecule has 1 aromatic heterocycles. The van der Waals surface area contributed by atoms with E-state index in [9.17, 15) is 0 Å². The van der Waals surface area contributed by atoms with Crippen LogP contribution in [0.4, 0.5) is 0 Å². The van der Waals surface area contributed by atoms with Crippen LogP contribution in [0, 0.1) is 12.8 Å². The highest BCUT2D eigenvalue weighted by Crippen LogP contribution is 2.07. The monoisotopic (exact) mass is 224 g/mol. The van der Waals surface area contributed by atoms with E-state index < -0.39 is 0 Å². The third-order valence-corrected chi connectivity index (χ3v) is 2.51. The second-order valence-electron chi connectivity index (χ2n) is 4.66. The fourth-order valence-electron chi connectivity index (χ4n) is 1.52. The zero-order chi connectivity index (χ0) is 11.8. The molecule has 1 aromatic rings. The standard InChI is InChI=1S/C13H24N2O/c1-11(2)9-14-6-4-7-15-10-13-12(3)5-8-16-13/h5,8,11,14-15H,4,6-7,9-10H2,1-3H3. The Labute approximate surface area is 98.6 Å². The molecule has 0 aliphatic rings. The molecule has 0 radical (unpaired) electrons. The van der Waals surface area contributed by atoms with Crippen molar-refractivity contribution in [3.05, 3.63) is 23.7 Å². The summed E-state index contributed by atoms with van der Waals surface area (Å²) in [7, 11) is 0. The largest absolute Gasteiger partial charge is 0.468 e. The molecule has 92 valence electrons. The van der Waals surface area contributed by atoms with E-state index in [2.05, 4.69) is 31.4 Å². The van der Waals surface area contributed by atoms with E-state index >= 15 is 0 Å². The number of rotatable bonds is 8. The second-order valence-corrected chi connectivity index (χ2v) is 4.66. The van der Waals surface area contributed by atoms with Gasteiger partial charge in [0.05, 0.1) is 12.8 Å². The van der Waals surface area contributed by atoms with Gasteiger partial charge in [-0.1, -0.05) is 13.8 Å². The van der Waals surface area contributed by atoms with Crippen molar-refractivity contribution in [3.8, 4) is 0 Å². The maximum atomic E-state index is 5.35. The zero-order valence-corrected chi connectivity index (χ0v) is 10.7. The summed E-state index contributed by atoms with van der Waals surface area (Å²) in [4.78, 5) is 0. The van der Waals surface area contributed by atoms with Gasteiger partial charge < -0.3 is 15.1 Å². The van der Waals surface area contributed by atoms with Crippen LogP contribution in [0.3, 0.4) is 0 Å². The Morgan fingerprint density at radius 3 is 2.62 bits per heavy atom. The highest BCUT2D eigenvalue weighted by Gasteiger charge is 2.00. The summed E-state index contributed by atoms with van der Waals surface area (Å²) >= 11 is 0. The topological polar surface area (TPSA) is 37.2 Å². The minimum atomic E-state index is 0.735. The first-order chi connectivity index (χ1) is 7.70. The summed E-state index contributed by atoms with van der Waals surface area (Å²) in [6.45, 7) is 10.6. The number of nitrogens with one attached hydrogen (secondary N) is 2. The van der Waals surface area contributed by atoms with Gasteiger partial charge in [0.15, 0.2) is 0 Å². The Hall–Kier alpha value is -0.800. The van der Waals surface area contributed by atoms with Crippen molar-refractivity contribution in [2.24, 2.45) is 5.92 Å². The lowest BCUT2D eigenvalue weighted by Gasteiger charge is -2.07. The predicted molar refractivity (Wildman–Crippen MR) is 67.5 cm³/mol. The molecule has 0 amide bonds. The molecule has 16 heavy (non-hydrogen) atoms. The first-order valence-electron chi connectivity index (χ1n) is 6.14. The van der Waals surface area contributed by atoms with Gasteiger partial charge in [-0.05, 0) is 50.5 Å². The van der Waals surface area contributed by atoms with Gasteiger partial charge >= 0.3 is 0 Å². The zero-order valence-electron chi connectivity index (χ0n) is 10.7. The van der Waals surface area contributed by atoms with Crippen molar-refractivity contribution < 1.29 is 4.42 Å². The molecule has 0 aliphatic carbocycles. The van der Waals surface area contributed by atoms with Crippen LogP contribution in [0.1, 0.15) is 31.6 Å². The van der Waals surface area contributed by atoms with Gasteiger partial charge in [-0.15, -0.1) is 0 Å². The van der Waals surface area contributed by atoms with Crippen molar-refractivity contribution in [3.63, 3.8) is 0 Å². The van der Waals surface area contributed by atoms with E-state index in [1.54, 1.807) is 6.26 Å². The van der Waals surface area contributed by atoms with Crippen LogP contribution in [0.25, 0.3) is 0 Å². The molecule has 0 saturated heterocycles. The normalized spacial score (nSPS) is 11.2. The van der Waals surface area contributed by atoms with Crippen LogP contribution in [0.5, 0.6) is 0 Å². The average Bonchev–Trinajstić information content (AvgIpc) is 2.62. The van der Waals surface area contributed by atoms with E-state index in [1.165, 1.54) is 5.56 Å². The van der Waals surface area contributed by atoms with E-state index in [0.717, 1.165) is 44.3 Å². The fraction of sp³-hybridized carbons (Fsp3) is 0.692. The van der Waals surface area contributed by atoms with Gasteiger partial charge in [0.1, 0.15) is 5.76 Å². The van der Waals surface area contributed by atoms with Crippen molar-refractivity contribution >= 4 is 0 Å². The van der Waals surface area contributed by atoms with Crippen LogP contribution in [-0.2, 0) is 6.54 Å². The van der Waals surface area contributed by atoms with Gasteiger partial charge in [0.25, 0.3) is 0 Å². The Balaban J connectivity index is 1.94. The van der Waals surface area contributed by atoms with Crippen LogP contribution in [0.15, 0.2) is 16.7 Å². The minimum absolute atomic E-state index is 0.735. The van der Waals surface area contributed by atoms with Crippen molar-refractivity contribution in [2.45, 2.75) is 33.7 Å². The number of hydrogen-bond donors (Lipinski definition) is 2. The summed E-state index contributed by atoms with van der Waals surface area (Å²) in [5.74, 6) is 1.79. The van der Waals surface area contributed by atoms with Gasteiger partial charge in [-0.25, -0.2) is 0 Å². The molecule has 0 fully saturated rings. The quantitative estimate of drug-likeness (QED) is 0.665. The van der Waals surface area contributed by atoms with Crippen molar-refractivity contribution in [1.29, 1.82) is 0 Å². The lowest BCUT2D eigenvalue weighted by molar-refractivity contribution is 0.472. The smallest absolute Gasteiger partial charge is 0.120 e. The van der Waals surface area contributed by atoms with Gasteiger partial charge in [0.2, 0.25) is 0 Å². The van der Waals surface area contributed by atoms with Crippen LogP contribution < -0.4 is 10.6 Å². The predicted octanol–water partition coefficient (Wildman–Crippen LogP) is 2.31. The molecule has 1 rings (SSSR count). The Morgan fingerprint density at radius 1 is 1.25 bits per heavy atom. The lowest BCUT2D eigenvalue weighted by atomic mass is 10.2. The first-order valence-corrected chi connectivity index (χ1v) is 6.14. The van der Waals surface area contributed by atoms with Crippen molar-refractivity contribution in [2.75, 3.05) is 19.6 Å². The molecule has 0 unspecified atom stereocenters. The van der Waals surface area contributed by atoms with Crippen LogP contribution >= 0.6 is 0 Å². The molecule has 2 N–H and O–H groups in total. The summed E-state index contributed by atoms with van der Waals surface area (Å²) in [6.07, 6.45) is 2.91. The van der Waals surface area contributed by atoms with E-state index in [4.69, 9.17) is 4.42 Å². The molecule has 0 spiro atoms. The van der Waals surface area contributed by atoms with Crippen molar-refractivity contribution in [1.82, 2.24) is 10.6 Å². The molecule has 3 nitrogen and oxygen atoms in total. The van der Waals surface area contributed by atoms with Crippen LogP contribution in [-0.4, -0.2) is 19.6 Å². The molecule has 0 aliphatic heterocycles. The lowest BCUT2D eigenvalue weighted by Crippen LogP contribution is -2.24. The molecule has 1 heterocycles. The third kappa shape index (κ3) is 5.33. The molecular formula is C13H24N2O.